The zero-order chi connectivity index (χ0) is 20.5. The molecule has 0 aromatic carbocycles. The molecule has 0 radical (unpaired) electrons. The number of aliphatic hydroxyl groups excluding tert-OH is 1. The smallest absolute Gasteiger partial charge is 0.306 e. The molecule has 0 aromatic heterocycles. The van der Waals surface area contributed by atoms with Gasteiger partial charge in [-0.15, -0.1) is 0 Å². The van der Waals surface area contributed by atoms with Crippen molar-refractivity contribution in [2.45, 2.75) is 58.8 Å². The second-order valence-electron chi connectivity index (χ2n) is 7.16. The summed E-state index contributed by atoms with van der Waals surface area (Å²) in [7, 11) is 0. The van der Waals surface area contributed by atoms with E-state index in [2.05, 4.69) is 13.8 Å². The van der Waals surface area contributed by atoms with E-state index in [1.54, 1.807) is 0 Å². The van der Waals surface area contributed by atoms with Crippen LogP contribution in [0, 0.1) is 0 Å². The van der Waals surface area contributed by atoms with Gasteiger partial charge in [0.2, 0.25) is 0 Å². The molecule has 1 aliphatic heterocycles. The molecule has 0 amide bonds. The average Bonchev–Trinajstić information content (AvgIpc) is 2.70. The van der Waals surface area contributed by atoms with Gasteiger partial charge in [0.15, 0.2) is 0 Å². The van der Waals surface area contributed by atoms with Crippen LogP contribution in [-0.2, 0) is 19.1 Å². The summed E-state index contributed by atoms with van der Waals surface area (Å²) in [5.74, 6) is -0.606. The Hall–Kier alpha value is -2.34. The van der Waals surface area contributed by atoms with Gasteiger partial charge in [-0.3, -0.25) is 9.59 Å². The van der Waals surface area contributed by atoms with Crippen molar-refractivity contribution in [3.63, 3.8) is 0 Å². The number of fused-ring (bicyclic) bond motifs is 1. The first-order chi connectivity index (χ1) is 13.5. The monoisotopic (exact) mass is 390 g/mol. The molecule has 0 bridgehead atoms. The molecule has 3 aliphatic rings. The molecule has 154 valence electrons. The first-order valence-corrected chi connectivity index (χ1v) is 9.93. The molecule has 0 spiro atoms. The number of hydrogen-bond acceptors (Lipinski definition) is 5. The highest BCUT2D eigenvalue weighted by Crippen LogP contribution is 2.40. The SMILES string of the molecule is CCC.O=C(O)CCC(=O)OCC1=CC2=C(CC1)C1=C(C=C(CO)CC1)OC2. The lowest BCUT2D eigenvalue weighted by Gasteiger charge is -2.30. The lowest BCUT2D eigenvalue weighted by atomic mass is 9.82. The van der Waals surface area contributed by atoms with E-state index in [9.17, 15) is 14.7 Å². The van der Waals surface area contributed by atoms with E-state index in [4.69, 9.17) is 14.6 Å². The predicted octanol–water partition coefficient (Wildman–Crippen LogP) is 3.82. The van der Waals surface area contributed by atoms with Gasteiger partial charge in [0.1, 0.15) is 19.0 Å². The summed E-state index contributed by atoms with van der Waals surface area (Å²) in [6.45, 7) is 5.01. The number of hydrogen-bond donors (Lipinski definition) is 2. The first-order valence-electron chi connectivity index (χ1n) is 9.93. The molecule has 0 saturated heterocycles. The minimum absolute atomic E-state index is 0.0728. The Morgan fingerprint density at radius 2 is 1.71 bits per heavy atom. The fraction of sp³-hybridized carbons (Fsp3) is 0.545. The average molecular weight is 390 g/mol. The topological polar surface area (TPSA) is 93.1 Å². The van der Waals surface area contributed by atoms with Gasteiger partial charge in [-0.1, -0.05) is 26.3 Å². The third-order valence-electron chi connectivity index (χ3n) is 4.70. The van der Waals surface area contributed by atoms with Crippen molar-refractivity contribution in [1.82, 2.24) is 0 Å². The van der Waals surface area contributed by atoms with E-state index >= 15 is 0 Å². The van der Waals surface area contributed by atoms with E-state index in [1.807, 2.05) is 12.2 Å². The second-order valence-corrected chi connectivity index (χ2v) is 7.16. The molecule has 0 saturated carbocycles. The fourth-order valence-electron chi connectivity index (χ4n) is 3.36. The quantitative estimate of drug-likeness (QED) is 0.670. The summed E-state index contributed by atoms with van der Waals surface area (Å²) >= 11 is 0. The Labute approximate surface area is 166 Å². The predicted molar refractivity (Wildman–Crippen MR) is 106 cm³/mol. The second kappa shape index (κ2) is 10.9. The minimum Gasteiger partial charge on any atom is -0.489 e. The summed E-state index contributed by atoms with van der Waals surface area (Å²) < 4.78 is 11.0. The summed E-state index contributed by atoms with van der Waals surface area (Å²) in [4.78, 5) is 22.0. The van der Waals surface area contributed by atoms with Crippen LogP contribution in [0.1, 0.15) is 58.8 Å². The van der Waals surface area contributed by atoms with E-state index in [-0.39, 0.29) is 26.1 Å². The molecule has 0 atom stereocenters. The van der Waals surface area contributed by atoms with Crippen LogP contribution in [0.5, 0.6) is 0 Å². The van der Waals surface area contributed by atoms with Crippen LogP contribution >= 0.6 is 0 Å². The standard InChI is InChI=1S/C19H22O6.C3H8/c20-9-12-1-4-16-15-3-2-13(7-14(15)11-24-17(16)8-12)10-25-19(23)6-5-18(21)22;1-3-2/h7-8,20H,1-6,9-11H2,(H,21,22);3H2,1-2H3. The van der Waals surface area contributed by atoms with Gasteiger partial charge in [-0.25, -0.2) is 0 Å². The van der Waals surface area contributed by atoms with Crippen molar-refractivity contribution in [2.75, 3.05) is 19.8 Å². The maximum Gasteiger partial charge on any atom is 0.306 e. The van der Waals surface area contributed by atoms with Gasteiger partial charge in [0.05, 0.1) is 19.4 Å². The Kier molecular flexibility index (Phi) is 8.51. The molecule has 0 aromatic rings. The highest BCUT2D eigenvalue weighted by Gasteiger charge is 2.26. The molecule has 3 rings (SSSR count). The Bertz CT molecular complexity index is 723. The normalized spacial score (nSPS) is 18.0. The van der Waals surface area contributed by atoms with E-state index in [1.165, 1.54) is 17.6 Å². The van der Waals surface area contributed by atoms with Gasteiger partial charge >= 0.3 is 11.9 Å². The maximum atomic E-state index is 11.5. The number of esters is 1. The van der Waals surface area contributed by atoms with Crippen molar-refractivity contribution in [2.24, 2.45) is 0 Å². The van der Waals surface area contributed by atoms with E-state index in [0.717, 1.165) is 48.2 Å². The van der Waals surface area contributed by atoms with Crippen LogP contribution in [0.3, 0.4) is 0 Å². The molecule has 0 unspecified atom stereocenters. The lowest BCUT2D eigenvalue weighted by molar-refractivity contribution is -0.147. The number of carboxylic acid groups (broad SMARTS) is 1. The summed E-state index contributed by atoms with van der Waals surface area (Å²) in [5.41, 5.74) is 5.70. The number of allylic oxidation sites excluding steroid dienone is 3. The number of rotatable bonds is 6. The lowest BCUT2D eigenvalue weighted by Crippen LogP contribution is -2.18. The van der Waals surface area contributed by atoms with Crippen LogP contribution in [0.2, 0.25) is 0 Å². The Balaban J connectivity index is 0.000000878. The van der Waals surface area contributed by atoms with E-state index < -0.39 is 11.9 Å². The minimum atomic E-state index is -1.00. The van der Waals surface area contributed by atoms with Crippen LogP contribution in [0.4, 0.5) is 0 Å². The maximum absolute atomic E-state index is 11.5. The number of ether oxygens (including phenoxy) is 2. The molecule has 2 aliphatic carbocycles. The van der Waals surface area contributed by atoms with Crippen molar-refractivity contribution in [1.29, 1.82) is 0 Å². The van der Waals surface area contributed by atoms with E-state index in [0.29, 0.717) is 6.61 Å². The van der Waals surface area contributed by atoms with Crippen molar-refractivity contribution in [3.05, 3.63) is 45.8 Å². The van der Waals surface area contributed by atoms with Crippen LogP contribution < -0.4 is 0 Å². The third kappa shape index (κ3) is 6.09. The van der Waals surface area contributed by atoms with Gasteiger partial charge in [-0.2, -0.15) is 0 Å². The Morgan fingerprint density at radius 3 is 2.39 bits per heavy atom. The van der Waals surface area contributed by atoms with Crippen molar-refractivity contribution < 1.29 is 29.3 Å². The number of carbonyl (C=O) groups is 2. The molecule has 6 heteroatoms. The fourth-order valence-corrected chi connectivity index (χ4v) is 3.36. The Morgan fingerprint density at radius 1 is 1.04 bits per heavy atom. The molecule has 2 N–H and O–H groups in total. The molecule has 6 nitrogen and oxygen atoms in total. The number of aliphatic hydroxyl groups is 1. The molecular weight excluding hydrogens is 360 g/mol. The van der Waals surface area contributed by atoms with Gasteiger partial charge in [-0.05, 0) is 59.6 Å². The number of carboxylic acids is 1. The molecular formula is C22H30O6. The zero-order valence-corrected chi connectivity index (χ0v) is 16.8. The first kappa shape index (κ1) is 22.0. The molecule has 0 fully saturated rings. The number of carbonyl (C=O) groups excluding carboxylic acids is 1. The highest BCUT2D eigenvalue weighted by atomic mass is 16.5. The molecule has 28 heavy (non-hydrogen) atoms. The largest absolute Gasteiger partial charge is 0.489 e. The molecule has 1 heterocycles. The highest BCUT2D eigenvalue weighted by molar-refractivity contribution is 5.76. The zero-order valence-electron chi connectivity index (χ0n) is 16.8. The van der Waals surface area contributed by atoms with Gasteiger partial charge in [0, 0.05) is 0 Å². The van der Waals surface area contributed by atoms with Crippen molar-refractivity contribution >= 4 is 11.9 Å². The van der Waals surface area contributed by atoms with Crippen molar-refractivity contribution in [3.8, 4) is 0 Å². The van der Waals surface area contributed by atoms with Crippen LogP contribution in [-0.4, -0.2) is 42.0 Å². The van der Waals surface area contributed by atoms with Gasteiger partial charge < -0.3 is 19.7 Å². The van der Waals surface area contributed by atoms with Crippen LogP contribution in [0.25, 0.3) is 0 Å². The summed E-state index contributed by atoms with van der Waals surface area (Å²) in [6, 6.07) is 0. The van der Waals surface area contributed by atoms with Crippen LogP contribution in [0.15, 0.2) is 45.8 Å². The third-order valence-corrected chi connectivity index (χ3v) is 4.70. The number of aliphatic carboxylic acids is 1. The summed E-state index contributed by atoms with van der Waals surface area (Å²) in [5, 5.41) is 17.9. The van der Waals surface area contributed by atoms with Gasteiger partial charge in [0.25, 0.3) is 0 Å². The summed E-state index contributed by atoms with van der Waals surface area (Å²) in [6.07, 6.45) is 8.37.